The molecule has 5 nitrogen and oxygen atoms in total. The van der Waals surface area contributed by atoms with Gasteiger partial charge in [-0.3, -0.25) is 14.4 Å². The van der Waals surface area contributed by atoms with Crippen LogP contribution in [0, 0.1) is 11.8 Å². The van der Waals surface area contributed by atoms with Crippen LogP contribution in [0.4, 0.5) is 0 Å². The summed E-state index contributed by atoms with van der Waals surface area (Å²) < 4.78 is 11.2. The first-order valence-corrected chi connectivity index (χ1v) is 10.4. The zero-order chi connectivity index (χ0) is 20.3. The average molecular weight is 386 g/mol. The number of unbranched alkanes of at least 4 members (excludes halogenated alkanes) is 4. The average Bonchev–Trinajstić information content (AvgIpc) is 2.92. The minimum absolute atomic E-state index is 0.0863. The topological polar surface area (TPSA) is 69.7 Å². The number of carbonyl (C=O) groups excluding carboxylic acids is 3. The molecule has 0 N–H and O–H groups in total. The van der Waals surface area contributed by atoms with Gasteiger partial charge in [0, 0.05) is 17.9 Å². The van der Waals surface area contributed by atoms with Crippen LogP contribution in [0.5, 0.6) is 0 Å². The summed E-state index contributed by atoms with van der Waals surface area (Å²) >= 11 is 0. The van der Waals surface area contributed by atoms with E-state index < -0.39 is 23.4 Å². The van der Waals surface area contributed by atoms with Crippen molar-refractivity contribution in [3.05, 3.63) is 35.1 Å². The summed E-state index contributed by atoms with van der Waals surface area (Å²) in [6.45, 7) is 5.88. The fourth-order valence-electron chi connectivity index (χ4n) is 4.51. The fraction of sp³-hybridized carbons (Fsp3) is 0.609. The van der Waals surface area contributed by atoms with E-state index in [1.165, 1.54) is 0 Å². The maximum atomic E-state index is 13.1. The number of allylic oxidation sites excluding steroid dienone is 4. The number of ketones is 2. The van der Waals surface area contributed by atoms with E-state index in [4.69, 9.17) is 9.47 Å². The Kier molecular flexibility index (Phi) is 6.21. The molecule has 3 atom stereocenters. The number of Topliss-reactive ketones (excluding diaryl/α,β-unsaturated/α-hetero) is 2. The SMILES string of the molecule is C/C=C/C1=CC2=C(CO1)C(=O)[C@@]1(C)OC(=O)[C@H](C(=O)CCCCCCC)[C@@H]1C2. The third-order valence-corrected chi connectivity index (χ3v) is 6.13. The zero-order valence-electron chi connectivity index (χ0n) is 17.1. The minimum atomic E-state index is -1.26. The van der Waals surface area contributed by atoms with Crippen LogP contribution in [0.25, 0.3) is 0 Å². The predicted octanol–water partition coefficient (Wildman–Crippen LogP) is 4.22. The van der Waals surface area contributed by atoms with Gasteiger partial charge in [0.05, 0.1) is 0 Å². The highest BCUT2D eigenvalue weighted by molar-refractivity contribution is 6.10. The maximum Gasteiger partial charge on any atom is 0.317 e. The van der Waals surface area contributed by atoms with Gasteiger partial charge in [0.2, 0.25) is 5.78 Å². The molecule has 1 aliphatic carbocycles. The second-order valence-corrected chi connectivity index (χ2v) is 8.12. The van der Waals surface area contributed by atoms with Crippen molar-refractivity contribution in [1.82, 2.24) is 0 Å². The third kappa shape index (κ3) is 3.71. The van der Waals surface area contributed by atoms with Crippen molar-refractivity contribution < 1.29 is 23.9 Å². The van der Waals surface area contributed by atoms with E-state index in [0.29, 0.717) is 24.2 Å². The van der Waals surface area contributed by atoms with Crippen molar-refractivity contribution in [2.75, 3.05) is 6.61 Å². The number of hydrogen-bond acceptors (Lipinski definition) is 5. The van der Waals surface area contributed by atoms with E-state index in [1.54, 1.807) is 6.92 Å². The van der Waals surface area contributed by atoms with E-state index in [1.807, 2.05) is 25.2 Å². The van der Waals surface area contributed by atoms with Crippen LogP contribution >= 0.6 is 0 Å². The molecule has 2 aliphatic heterocycles. The summed E-state index contributed by atoms with van der Waals surface area (Å²) in [5.41, 5.74) is 0.173. The first-order chi connectivity index (χ1) is 13.4. The molecule has 0 unspecified atom stereocenters. The Bertz CT molecular complexity index is 757. The highest BCUT2D eigenvalue weighted by atomic mass is 16.6. The lowest BCUT2D eigenvalue weighted by Crippen LogP contribution is -2.48. The number of hydrogen-bond donors (Lipinski definition) is 0. The van der Waals surface area contributed by atoms with Crippen molar-refractivity contribution in [3.8, 4) is 0 Å². The summed E-state index contributed by atoms with van der Waals surface area (Å²) in [7, 11) is 0. The van der Waals surface area contributed by atoms with Gasteiger partial charge in [-0.15, -0.1) is 0 Å². The van der Waals surface area contributed by atoms with E-state index in [0.717, 1.165) is 37.7 Å². The van der Waals surface area contributed by atoms with Crippen LogP contribution in [0.15, 0.2) is 35.1 Å². The standard InChI is InChI=1S/C23H30O5/c1-4-6-7-8-9-11-19(24)20-18-13-15-12-16(10-5-2)27-14-17(15)21(25)23(18,3)28-22(20)26/h5,10,12,18,20H,4,6-9,11,13-14H2,1-3H3/b10-5+/t18-,20-,23-/m0/s1. The first-order valence-electron chi connectivity index (χ1n) is 10.4. The second-order valence-electron chi connectivity index (χ2n) is 8.12. The lowest BCUT2D eigenvalue weighted by molar-refractivity contribution is -0.157. The third-order valence-electron chi connectivity index (χ3n) is 6.13. The number of rotatable bonds is 8. The highest BCUT2D eigenvalue weighted by Gasteiger charge is 2.61. The largest absolute Gasteiger partial charge is 0.489 e. The van der Waals surface area contributed by atoms with Gasteiger partial charge in [0.25, 0.3) is 0 Å². The Hall–Kier alpha value is -2.17. The van der Waals surface area contributed by atoms with Crippen molar-refractivity contribution >= 4 is 17.5 Å². The molecule has 0 radical (unpaired) electrons. The summed E-state index contributed by atoms with van der Waals surface area (Å²) in [5, 5.41) is 0. The Balaban J connectivity index is 1.78. The van der Waals surface area contributed by atoms with Crippen molar-refractivity contribution in [2.24, 2.45) is 11.8 Å². The Morgan fingerprint density at radius 1 is 1.25 bits per heavy atom. The Morgan fingerprint density at radius 2 is 2.00 bits per heavy atom. The summed E-state index contributed by atoms with van der Waals surface area (Å²) in [6, 6.07) is 0. The molecule has 5 heteroatoms. The van der Waals surface area contributed by atoms with Gasteiger partial charge in [-0.05, 0) is 44.4 Å². The Morgan fingerprint density at radius 3 is 2.71 bits per heavy atom. The van der Waals surface area contributed by atoms with Gasteiger partial charge in [-0.1, -0.05) is 38.7 Å². The molecule has 152 valence electrons. The van der Waals surface area contributed by atoms with Crippen LogP contribution in [-0.2, 0) is 23.9 Å². The second kappa shape index (κ2) is 8.46. The molecule has 0 bridgehead atoms. The van der Waals surface area contributed by atoms with Gasteiger partial charge in [0.1, 0.15) is 24.1 Å². The van der Waals surface area contributed by atoms with Crippen molar-refractivity contribution in [1.29, 1.82) is 0 Å². The maximum absolute atomic E-state index is 13.1. The lowest BCUT2D eigenvalue weighted by Gasteiger charge is -2.37. The molecule has 0 aromatic carbocycles. The quantitative estimate of drug-likeness (QED) is 0.355. The molecular weight excluding hydrogens is 356 g/mol. The molecule has 0 aromatic rings. The summed E-state index contributed by atoms with van der Waals surface area (Å²) in [6.07, 6.45) is 11.6. The number of ether oxygens (including phenoxy) is 2. The molecular formula is C23H30O5. The first kappa shape index (κ1) is 20.6. The van der Waals surface area contributed by atoms with E-state index in [-0.39, 0.29) is 18.2 Å². The fourth-order valence-corrected chi connectivity index (χ4v) is 4.51. The minimum Gasteiger partial charge on any atom is -0.489 e. The van der Waals surface area contributed by atoms with E-state index in [9.17, 15) is 14.4 Å². The van der Waals surface area contributed by atoms with Crippen LogP contribution in [0.3, 0.4) is 0 Å². The smallest absolute Gasteiger partial charge is 0.317 e. The summed E-state index contributed by atoms with van der Waals surface area (Å²) in [4.78, 5) is 38.5. The van der Waals surface area contributed by atoms with Crippen LogP contribution in [0.2, 0.25) is 0 Å². The zero-order valence-corrected chi connectivity index (χ0v) is 17.1. The van der Waals surface area contributed by atoms with E-state index >= 15 is 0 Å². The lowest BCUT2D eigenvalue weighted by atomic mass is 9.67. The van der Waals surface area contributed by atoms with Crippen molar-refractivity contribution in [2.45, 2.75) is 71.3 Å². The normalized spacial score (nSPS) is 29.3. The van der Waals surface area contributed by atoms with Gasteiger partial charge < -0.3 is 9.47 Å². The van der Waals surface area contributed by atoms with Gasteiger partial charge in [-0.25, -0.2) is 0 Å². The van der Waals surface area contributed by atoms with Crippen molar-refractivity contribution in [3.63, 3.8) is 0 Å². The molecule has 0 amide bonds. The molecule has 0 spiro atoms. The number of esters is 1. The molecule has 0 aromatic heterocycles. The molecule has 3 rings (SSSR count). The predicted molar refractivity (Wildman–Crippen MR) is 105 cm³/mol. The Labute approximate surface area is 166 Å². The molecule has 1 saturated heterocycles. The molecule has 0 saturated carbocycles. The van der Waals surface area contributed by atoms with Gasteiger partial charge >= 0.3 is 5.97 Å². The molecule has 3 aliphatic rings. The van der Waals surface area contributed by atoms with Gasteiger partial charge in [0.15, 0.2) is 5.60 Å². The number of fused-ring (bicyclic) bond motifs is 1. The van der Waals surface area contributed by atoms with E-state index in [2.05, 4.69) is 6.92 Å². The van der Waals surface area contributed by atoms with Crippen LogP contribution < -0.4 is 0 Å². The molecule has 1 fully saturated rings. The highest BCUT2D eigenvalue weighted by Crippen LogP contribution is 2.48. The number of carbonyl (C=O) groups is 3. The van der Waals surface area contributed by atoms with Crippen LogP contribution in [-0.4, -0.2) is 29.7 Å². The summed E-state index contributed by atoms with van der Waals surface area (Å²) in [5.74, 6) is -1.43. The van der Waals surface area contributed by atoms with Gasteiger partial charge in [-0.2, -0.15) is 0 Å². The monoisotopic (exact) mass is 386 g/mol. The molecule has 2 heterocycles. The molecule has 28 heavy (non-hydrogen) atoms. The van der Waals surface area contributed by atoms with Crippen LogP contribution in [0.1, 0.15) is 65.7 Å².